The van der Waals surface area contributed by atoms with Crippen molar-refractivity contribution in [3.63, 3.8) is 0 Å². The predicted molar refractivity (Wildman–Crippen MR) is 34.2 cm³/mol. The van der Waals surface area contributed by atoms with E-state index in [2.05, 4.69) is 14.6 Å². The summed E-state index contributed by atoms with van der Waals surface area (Å²) in [6.07, 6.45) is 0. The molecule has 0 rings (SSSR count). The topological polar surface area (TPSA) is 73.6 Å². The largest absolute Gasteiger partial charge is 0.335 e. The van der Waals surface area contributed by atoms with Crippen molar-refractivity contribution in [1.82, 2.24) is 5.48 Å². The van der Waals surface area contributed by atoms with Gasteiger partial charge in [-0.2, -0.15) is 5.48 Å². The minimum atomic E-state index is -2.32. The summed E-state index contributed by atoms with van der Waals surface area (Å²) in [6.45, 7) is 0.915. The lowest BCUT2D eigenvalue weighted by Crippen LogP contribution is -2.20. The first-order chi connectivity index (χ1) is 4.31. The van der Waals surface area contributed by atoms with Crippen molar-refractivity contribution in [2.45, 2.75) is 0 Å². The molecule has 0 aliphatic heterocycles. The van der Waals surface area contributed by atoms with Crippen LogP contribution in [0.1, 0.15) is 0 Å². The van der Waals surface area contributed by atoms with Crippen LogP contribution in [0.3, 0.4) is 0 Å². The Morgan fingerprint density at radius 2 is 2.44 bits per heavy atom. The molecule has 0 aliphatic carbocycles. The Bertz CT molecular complexity index is 89.1. The van der Waals surface area contributed by atoms with Crippen LogP contribution in [0.4, 0.5) is 0 Å². The van der Waals surface area contributed by atoms with Crippen LogP contribution >= 0.6 is 8.25 Å². The van der Waals surface area contributed by atoms with E-state index in [9.17, 15) is 4.57 Å². The number of rotatable bonds is 5. The molecule has 0 amide bonds. The van der Waals surface area contributed by atoms with Crippen LogP contribution in [0, 0.1) is 0 Å². The summed E-state index contributed by atoms with van der Waals surface area (Å²) in [5.74, 6) is 0. The highest BCUT2D eigenvalue weighted by atomic mass is 31.1. The molecule has 0 heterocycles. The van der Waals surface area contributed by atoms with Gasteiger partial charge >= 0.3 is 8.25 Å². The molecule has 0 aromatic carbocycles. The lowest BCUT2D eigenvalue weighted by atomic mass is 10.7. The van der Waals surface area contributed by atoms with E-state index in [1.165, 1.54) is 7.11 Å². The van der Waals surface area contributed by atoms with Gasteiger partial charge < -0.3 is 10.3 Å². The number of hydrogen-bond acceptors (Lipinski definition) is 5. The Hall–Kier alpha value is 0.0700. The molecule has 0 spiro atoms. The van der Waals surface area contributed by atoms with E-state index in [4.69, 9.17) is 5.73 Å². The van der Waals surface area contributed by atoms with E-state index in [1.807, 2.05) is 0 Å². The van der Waals surface area contributed by atoms with E-state index in [1.54, 1.807) is 0 Å². The van der Waals surface area contributed by atoms with Crippen LogP contribution in [0.2, 0.25) is 0 Å². The zero-order chi connectivity index (χ0) is 7.11. The molecule has 1 unspecified atom stereocenters. The average molecular weight is 154 g/mol. The first-order valence-electron chi connectivity index (χ1n) is 2.49. The molecule has 0 aromatic heterocycles. The van der Waals surface area contributed by atoms with Crippen molar-refractivity contribution in [2.75, 3.05) is 20.2 Å². The molecular formula is C3H11N2O3P. The van der Waals surface area contributed by atoms with Gasteiger partial charge in [0.2, 0.25) is 0 Å². The van der Waals surface area contributed by atoms with E-state index in [0.717, 1.165) is 0 Å². The zero-order valence-electron chi connectivity index (χ0n) is 5.22. The van der Waals surface area contributed by atoms with Crippen LogP contribution < -0.4 is 11.2 Å². The highest BCUT2D eigenvalue weighted by Crippen LogP contribution is 2.18. The number of hydrogen-bond donors (Lipinski definition) is 2. The summed E-state index contributed by atoms with van der Waals surface area (Å²) < 4.78 is 19.1. The number of nitrogens with one attached hydrogen (secondary N) is 1. The second-order valence-corrected chi connectivity index (χ2v) is 2.35. The predicted octanol–water partition coefficient (Wildman–Crippen LogP) is -0.498. The third-order valence-electron chi connectivity index (χ3n) is 0.569. The molecule has 0 radical (unpaired) electrons. The molecule has 5 nitrogen and oxygen atoms in total. The van der Waals surface area contributed by atoms with Crippen molar-refractivity contribution in [1.29, 1.82) is 0 Å². The van der Waals surface area contributed by atoms with Crippen molar-refractivity contribution < 1.29 is 13.7 Å². The molecule has 0 aliphatic rings. The van der Waals surface area contributed by atoms with E-state index >= 15 is 0 Å². The summed E-state index contributed by atoms with van der Waals surface area (Å²) in [6, 6.07) is 0. The van der Waals surface area contributed by atoms with Crippen LogP contribution in [-0.4, -0.2) is 20.2 Å². The van der Waals surface area contributed by atoms with Gasteiger partial charge in [-0.05, 0) is 0 Å². The minimum absolute atomic E-state index is 0.443. The molecule has 0 aromatic rings. The highest BCUT2D eigenvalue weighted by Gasteiger charge is 1.91. The van der Waals surface area contributed by atoms with Gasteiger partial charge in [-0.1, -0.05) is 0 Å². The van der Waals surface area contributed by atoms with Crippen molar-refractivity contribution in [3.8, 4) is 0 Å². The van der Waals surface area contributed by atoms with Crippen molar-refractivity contribution in [2.24, 2.45) is 5.73 Å². The van der Waals surface area contributed by atoms with Gasteiger partial charge in [0.1, 0.15) is 0 Å². The maximum Gasteiger partial charge on any atom is 0.335 e. The Morgan fingerprint density at radius 3 is 2.89 bits per heavy atom. The number of hydroxylamine groups is 1. The lowest BCUT2D eigenvalue weighted by Gasteiger charge is -2.00. The molecule has 3 N–H and O–H groups in total. The molecule has 9 heavy (non-hydrogen) atoms. The van der Waals surface area contributed by atoms with Gasteiger partial charge in [0.25, 0.3) is 0 Å². The molecule has 0 fully saturated rings. The quantitative estimate of drug-likeness (QED) is 0.317. The molecule has 0 saturated carbocycles. The Labute approximate surface area is 54.4 Å². The maximum atomic E-state index is 10.3. The first-order valence-corrected chi connectivity index (χ1v) is 3.71. The molecule has 56 valence electrons. The summed E-state index contributed by atoms with van der Waals surface area (Å²) in [7, 11) is -1.01. The summed E-state index contributed by atoms with van der Waals surface area (Å²) in [4.78, 5) is 0. The van der Waals surface area contributed by atoms with Gasteiger partial charge in [0, 0.05) is 20.2 Å². The van der Waals surface area contributed by atoms with E-state index < -0.39 is 8.25 Å². The van der Waals surface area contributed by atoms with Gasteiger partial charge in [-0.15, -0.1) is 0 Å². The molecular weight excluding hydrogens is 143 g/mol. The third-order valence-corrected chi connectivity index (χ3v) is 1.21. The fourth-order valence-electron chi connectivity index (χ4n) is 0.211. The molecule has 0 bridgehead atoms. The smallest absolute Gasteiger partial charge is 0.329 e. The fourth-order valence-corrected chi connectivity index (χ4v) is 0.514. The standard InChI is InChI=1S/C3H11N2O3P/c1-7-9(6)8-5-3-2-4/h5,9H,2-4H2,1H3. The van der Waals surface area contributed by atoms with Gasteiger partial charge in [0.15, 0.2) is 0 Å². The first kappa shape index (κ1) is 9.07. The van der Waals surface area contributed by atoms with Crippen LogP contribution in [0.5, 0.6) is 0 Å². The second-order valence-electron chi connectivity index (χ2n) is 1.24. The minimum Gasteiger partial charge on any atom is -0.329 e. The van der Waals surface area contributed by atoms with E-state index in [-0.39, 0.29) is 0 Å². The molecule has 0 saturated heterocycles. The monoisotopic (exact) mass is 154 g/mol. The lowest BCUT2D eigenvalue weighted by molar-refractivity contribution is 0.173. The van der Waals surface area contributed by atoms with Crippen molar-refractivity contribution in [3.05, 3.63) is 0 Å². The van der Waals surface area contributed by atoms with Gasteiger partial charge in [0.05, 0.1) is 0 Å². The summed E-state index contributed by atoms with van der Waals surface area (Å²) >= 11 is 0. The van der Waals surface area contributed by atoms with Crippen LogP contribution in [0.25, 0.3) is 0 Å². The molecule has 6 heteroatoms. The van der Waals surface area contributed by atoms with E-state index in [0.29, 0.717) is 13.1 Å². The van der Waals surface area contributed by atoms with Gasteiger partial charge in [-0.3, -0.25) is 4.57 Å². The SMILES string of the molecule is CO[PH](=O)ONCCN. The average Bonchev–Trinajstić information content (AvgIpc) is 1.89. The molecule has 1 atom stereocenters. The second kappa shape index (κ2) is 6.19. The zero-order valence-corrected chi connectivity index (χ0v) is 6.22. The van der Waals surface area contributed by atoms with Crippen LogP contribution in [0.15, 0.2) is 0 Å². The van der Waals surface area contributed by atoms with Gasteiger partial charge in [-0.25, -0.2) is 4.62 Å². The Balaban J connectivity index is 2.97. The summed E-state index contributed by atoms with van der Waals surface area (Å²) in [5, 5.41) is 0. The summed E-state index contributed by atoms with van der Waals surface area (Å²) in [5.41, 5.74) is 7.45. The maximum absolute atomic E-state index is 10.3. The van der Waals surface area contributed by atoms with Crippen LogP contribution in [-0.2, 0) is 13.7 Å². The normalized spacial score (nSPS) is 13.6. The fraction of sp³-hybridized carbons (Fsp3) is 1.00. The Morgan fingerprint density at radius 1 is 1.78 bits per heavy atom. The number of nitrogens with two attached hydrogens (primary N) is 1. The highest BCUT2D eigenvalue weighted by molar-refractivity contribution is 7.33. The van der Waals surface area contributed by atoms with Crippen molar-refractivity contribution >= 4 is 8.25 Å². The third kappa shape index (κ3) is 5.95. The Kier molecular flexibility index (Phi) is 6.24.